The Bertz CT molecular complexity index is 472. The third-order valence-electron chi connectivity index (χ3n) is 1.98. The number of nitrogens with two attached hydrogens (primary N) is 1. The molecule has 0 bridgehead atoms. The highest BCUT2D eigenvalue weighted by molar-refractivity contribution is 7.99. The summed E-state index contributed by atoms with van der Waals surface area (Å²) in [7, 11) is 0. The molecule has 17 heavy (non-hydrogen) atoms. The lowest BCUT2D eigenvalue weighted by Crippen LogP contribution is -1.96. The molecule has 1 heterocycles. The molecule has 0 spiro atoms. The molecule has 0 saturated heterocycles. The second-order valence-electron chi connectivity index (χ2n) is 3.48. The first-order chi connectivity index (χ1) is 8.28. The number of H-pyrrole nitrogens is 1. The average Bonchev–Trinajstić information content (AvgIpc) is 2.78. The van der Waals surface area contributed by atoms with Gasteiger partial charge in [0.05, 0.1) is 6.61 Å². The number of hydrogen-bond donors (Lipinski definition) is 2. The minimum atomic E-state index is 0.681. The summed E-state index contributed by atoms with van der Waals surface area (Å²) in [5.74, 6) is 0.786. The number of aromatic nitrogens is 3. The molecule has 6 heteroatoms. The van der Waals surface area contributed by atoms with Crippen molar-refractivity contribution < 1.29 is 4.74 Å². The molecule has 0 fully saturated rings. The maximum atomic E-state index is 5.82. The van der Waals surface area contributed by atoms with E-state index in [1.807, 2.05) is 18.2 Å². The number of aromatic amines is 1. The number of nitrogen functional groups attached to an aromatic ring is 1. The SMILES string of the molecule is CCCOc1cc(N)cc(Sc2ncn[nH]2)c1. The first kappa shape index (κ1) is 11.8. The second-order valence-corrected chi connectivity index (χ2v) is 4.54. The molecule has 1 aromatic heterocycles. The summed E-state index contributed by atoms with van der Waals surface area (Å²) in [5, 5.41) is 7.31. The fourth-order valence-corrected chi connectivity index (χ4v) is 2.10. The van der Waals surface area contributed by atoms with Crippen molar-refractivity contribution in [2.45, 2.75) is 23.4 Å². The van der Waals surface area contributed by atoms with Gasteiger partial charge in [-0.1, -0.05) is 18.7 Å². The van der Waals surface area contributed by atoms with Crippen LogP contribution in [-0.4, -0.2) is 21.8 Å². The zero-order chi connectivity index (χ0) is 12.1. The molecule has 0 aliphatic rings. The van der Waals surface area contributed by atoms with Crippen molar-refractivity contribution in [2.24, 2.45) is 0 Å². The summed E-state index contributed by atoms with van der Waals surface area (Å²) >= 11 is 1.47. The highest BCUT2D eigenvalue weighted by Crippen LogP contribution is 2.30. The van der Waals surface area contributed by atoms with Crippen LogP contribution in [0.2, 0.25) is 0 Å². The van der Waals surface area contributed by atoms with Gasteiger partial charge >= 0.3 is 0 Å². The molecular formula is C11H14N4OS. The summed E-state index contributed by atoms with van der Waals surface area (Å²) in [4.78, 5) is 5.03. The van der Waals surface area contributed by atoms with Crippen LogP contribution in [0.1, 0.15) is 13.3 Å². The van der Waals surface area contributed by atoms with Crippen molar-refractivity contribution in [3.05, 3.63) is 24.5 Å². The third kappa shape index (κ3) is 3.39. The van der Waals surface area contributed by atoms with Crippen LogP contribution in [0.3, 0.4) is 0 Å². The van der Waals surface area contributed by atoms with Gasteiger partial charge in [0.2, 0.25) is 0 Å². The Balaban J connectivity index is 2.13. The minimum absolute atomic E-state index is 0.681. The van der Waals surface area contributed by atoms with E-state index in [2.05, 4.69) is 22.1 Å². The zero-order valence-corrected chi connectivity index (χ0v) is 10.3. The molecule has 3 N–H and O–H groups in total. The van der Waals surface area contributed by atoms with Gasteiger partial charge in [0, 0.05) is 16.6 Å². The molecule has 0 atom stereocenters. The number of ether oxygens (including phenoxy) is 1. The van der Waals surface area contributed by atoms with Gasteiger partial charge < -0.3 is 10.5 Å². The van der Waals surface area contributed by atoms with Crippen LogP contribution >= 0.6 is 11.8 Å². The minimum Gasteiger partial charge on any atom is -0.493 e. The number of hydrogen-bond acceptors (Lipinski definition) is 5. The van der Waals surface area contributed by atoms with Gasteiger partial charge in [-0.05, 0) is 18.6 Å². The third-order valence-corrected chi connectivity index (χ3v) is 2.84. The molecule has 0 aliphatic heterocycles. The van der Waals surface area contributed by atoms with E-state index >= 15 is 0 Å². The quantitative estimate of drug-likeness (QED) is 0.796. The van der Waals surface area contributed by atoms with Gasteiger partial charge in [-0.3, -0.25) is 5.10 Å². The topological polar surface area (TPSA) is 76.8 Å². The Morgan fingerprint density at radius 1 is 1.41 bits per heavy atom. The van der Waals surface area contributed by atoms with Gasteiger partial charge in [0.1, 0.15) is 12.1 Å². The fraction of sp³-hybridized carbons (Fsp3) is 0.273. The maximum absolute atomic E-state index is 5.82. The van der Waals surface area contributed by atoms with Gasteiger partial charge in [0.25, 0.3) is 0 Å². The smallest absolute Gasteiger partial charge is 0.188 e. The Hall–Kier alpha value is -1.69. The van der Waals surface area contributed by atoms with Crippen LogP contribution in [0.15, 0.2) is 34.6 Å². The largest absolute Gasteiger partial charge is 0.493 e. The molecule has 5 nitrogen and oxygen atoms in total. The van der Waals surface area contributed by atoms with Gasteiger partial charge in [-0.2, -0.15) is 5.10 Å². The fourth-order valence-electron chi connectivity index (χ4n) is 1.31. The molecule has 0 radical (unpaired) electrons. The lowest BCUT2D eigenvalue weighted by molar-refractivity contribution is 0.317. The second kappa shape index (κ2) is 5.58. The molecule has 0 aliphatic carbocycles. The molecule has 0 saturated carbocycles. The van der Waals surface area contributed by atoms with Crippen molar-refractivity contribution in [3.8, 4) is 5.75 Å². The van der Waals surface area contributed by atoms with Crippen LogP contribution < -0.4 is 10.5 Å². The van der Waals surface area contributed by atoms with Crippen molar-refractivity contribution >= 4 is 17.4 Å². The molecule has 1 aromatic carbocycles. The molecule has 90 valence electrons. The van der Waals surface area contributed by atoms with E-state index in [0.29, 0.717) is 12.3 Å². The highest BCUT2D eigenvalue weighted by Gasteiger charge is 2.04. The van der Waals surface area contributed by atoms with Crippen molar-refractivity contribution in [1.29, 1.82) is 0 Å². The predicted octanol–water partition coefficient (Wildman–Crippen LogP) is 2.33. The van der Waals surface area contributed by atoms with Gasteiger partial charge in [0.15, 0.2) is 5.16 Å². The van der Waals surface area contributed by atoms with Crippen LogP contribution in [0.25, 0.3) is 0 Å². The van der Waals surface area contributed by atoms with Gasteiger partial charge in [-0.25, -0.2) is 4.98 Å². The number of anilines is 1. The average molecular weight is 250 g/mol. The zero-order valence-electron chi connectivity index (χ0n) is 9.51. The van der Waals surface area contributed by atoms with Gasteiger partial charge in [-0.15, -0.1) is 0 Å². The number of rotatable bonds is 5. The molecule has 2 aromatic rings. The van der Waals surface area contributed by atoms with E-state index in [-0.39, 0.29) is 0 Å². The monoisotopic (exact) mass is 250 g/mol. The van der Waals surface area contributed by atoms with Crippen LogP contribution in [0, 0.1) is 0 Å². The van der Waals surface area contributed by atoms with Crippen molar-refractivity contribution in [3.63, 3.8) is 0 Å². The van der Waals surface area contributed by atoms with E-state index in [9.17, 15) is 0 Å². The normalized spacial score (nSPS) is 10.4. The summed E-state index contributed by atoms with van der Waals surface area (Å²) in [6.07, 6.45) is 2.45. The summed E-state index contributed by atoms with van der Waals surface area (Å²) in [6, 6.07) is 5.64. The van der Waals surface area contributed by atoms with Crippen LogP contribution in [0.4, 0.5) is 5.69 Å². The molecule has 0 amide bonds. The Kier molecular flexibility index (Phi) is 3.87. The number of nitrogens with one attached hydrogen (secondary N) is 1. The first-order valence-corrected chi connectivity index (χ1v) is 6.16. The highest BCUT2D eigenvalue weighted by atomic mass is 32.2. The van der Waals surface area contributed by atoms with E-state index in [4.69, 9.17) is 10.5 Å². The van der Waals surface area contributed by atoms with Crippen LogP contribution in [0.5, 0.6) is 5.75 Å². The summed E-state index contributed by atoms with van der Waals surface area (Å²) in [6.45, 7) is 2.76. The molecule has 0 unspecified atom stereocenters. The maximum Gasteiger partial charge on any atom is 0.188 e. The lowest BCUT2D eigenvalue weighted by atomic mass is 10.3. The van der Waals surface area contributed by atoms with Crippen molar-refractivity contribution in [2.75, 3.05) is 12.3 Å². The molecular weight excluding hydrogens is 236 g/mol. The standard InChI is InChI=1S/C11H14N4OS/c1-2-3-16-9-4-8(12)5-10(6-9)17-11-13-7-14-15-11/h4-7H,2-3,12H2,1H3,(H,13,14,15). The first-order valence-electron chi connectivity index (χ1n) is 5.34. The number of benzene rings is 1. The van der Waals surface area contributed by atoms with E-state index in [1.54, 1.807) is 0 Å². The van der Waals surface area contributed by atoms with E-state index in [1.165, 1.54) is 18.1 Å². The Morgan fingerprint density at radius 3 is 3.00 bits per heavy atom. The number of nitrogens with zero attached hydrogens (tertiary/aromatic N) is 2. The molecule has 2 rings (SSSR count). The Morgan fingerprint density at radius 2 is 2.29 bits per heavy atom. The van der Waals surface area contributed by atoms with E-state index < -0.39 is 0 Å². The predicted molar refractivity (Wildman–Crippen MR) is 67.1 cm³/mol. The summed E-state index contributed by atoms with van der Waals surface area (Å²) < 4.78 is 5.56. The van der Waals surface area contributed by atoms with Crippen molar-refractivity contribution in [1.82, 2.24) is 15.2 Å². The summed E-state index contributed by atoms with van der Waals surface area (Å²) in [5.41, 5.74) is 6.50. The van der Waals surface area contributed by atoms with Crippen LogP contribution in [-0.2, 0) is 0 Å². The van der Waals surface area contributed by atoms with E-state index in [0.717, 1.165) is 22.2 Å². The Labute approximate surface area is 104 Å². The lowest BCUT2D eigenvalue weighted by Gasteiger charge is -2.07.